The molecule has 0 spiro atoms. The second kappa shape index (κ2) is 15.4. The van der Waals surface area contributed by atoms with E-state index < -0.39 is 0 Å². The molecule has 0 unspecified atom stereocenters. The number of hydrogen-bond donors (Lipinski definition) is 0. The number of anilines is 6. The van der Waals surface area contributed by atoms with Gasteiger partial charge in [-0.25, -0.2) is 0 Å². The number of aromatic nitrogens is 2. The zero-order chi connectivity index (χ0) is 49.9. The predicted molar refractivity (Wildman–Crippen MR) is 318 cm³/mol. The summed E-state index contributed by atoms with van der Waals surface area (Å²) in [5, 5.41) is 14.3. The smallest absolute Gasteiger partial charge is 0.159 e. The second-order valence-corrected chi connectivity index (χ2v) is 20.5. The summed E-state index contributed by atoms with van der Waals surface area (Å²) in [6.07, 6.45) is 1.80. The first-order valence-electron chi connectivity index (χ1n) is 26.5. The van der Waals surface area contributed by atoms with E-state index in [1.165, 1.54) is 87.3 Å². The first-order chi connectivity index (χ1) is 37.7. The number of para-hydroxylation sites is 8. The molecule has 0 saturated heterocycles. The van der Waals surface area contributed by atoms with Crippen molar-refractivity contribution in [2.45, 2.75) is 26.7 Å². The molecule has 0 aliphatic heterocycles. The normalized spacial score (nSPS) is 12.4. The minimum absolute atomic E-state index is 0.885. The van der Waals surface area contributed by atoms with Crippen LogP contribution in [0.1, 0.15) is 25.0 Å². The summed E-state index contributed by atoms with van der Waals surface area (Å²) in [4.78, 5) is 4.82. The molecule has 0 bridgehead atoms. The van der Waals surface area contributed by atoms with Gasteiger partial charge >= 0.3 is 0 Å². The SMILES string of the molecule is CCc1cccc2c1oc1c(N(c3ccccc3)c3cccc4c3c3cccc5c6cc7c(cc6n4c53)c3cccc4c5c(N(c6ccccc6)c6cccc8c6oc6c(CC)cccc68)cccc5n7c34)cccc12. The predicted octanol–water partition coefficient (Wildman–Crippen LogP) is 19.9. The van der Waals surface area contributed by atoms with Crippen LogP contribution in [0.5, 0.6) is 0 Å². The number of benzene rings is 11. The van der Waals surface area contributed by atoms with Crippen LogP contribution < -0.4 is 9.80 Å². The Balaban J connectivity index is 0.910. The zero-order valence-electron chi connectivity index (χ0n) is 41.8. The third kappa shape index (κ3) is 5.39. The van der Waals surface area contributed by atoms with Crippen molar-refractivity contribution < 1.29 is 8.83 Å². The Morgan fingerprint density at radius 1 is 0.303 bits per heavy atom. The molecule has 0 aliphatic carbocycles. The molecular weight excluding hydrogens is 929 g/mol. The third-order valence-electron chi connectivity index (χ3n) is 16.7. The lowest BCUT2D eigenvalue weighted by Crippen LogP contribution is -2.10. The van der Waals surface area contributed by atoms with Crippen LogP contribution in [0.25, 0.3) is 120 Å². The number of fused-ring (bicyclic) bond motifs is 18. The maximum Gasteiger partial charge on any atom is 0.159 e. The molecule has 11 aromatic carbocycles. The molecule has 0 aliphatic rings. The summed E-state index contributed by atoms with van der Waals surface area (Å²) in [6, 6.07) is 80.0. The fourth-order valence-electron chi connectivity index (χ4n) is 13.5. The average molecular weight is 975 g/mol. The number of aryl methyl sites for hydroxylation is 2. The molecule has 6 nitrogen and oxygen atoms in total. The van der Waals surface area contributed by atoms with Gasteiger partial charge in [-0.05, 0) is 96.8 Å². The van der Waals surface area contributed by atoms with Gasteiger partial charge in [-0.3, -0.25) is 0 Å². The van der Waals surface area contributed by atoms with Crippen LogP contribution >= 0.6 is 0 Å². The van der Waals surface area contributed by atoms with E-state index in [9.17, 15) is 0 Å². The first kappa shape index (κ1) is 41.7. The van der Waals surface area contributed by atoms with E-state index in [2.05, 4.69) is 251 Å². The summed E-state index contributed by atoms with van der Waals surface area (Å²) in [5.41, 5.74) is 19.7. The van der Waals surface area contributed by atoms with E-state index in [4.69, 9.17) is 8.83 Å². The maximum atomic E-state index is 6.96. The molecule has 0 radical (unpaired) electrons. The molecule has 17 aromatic rings. The number of rotatable bonds is 8. The summed E-state index contributed by atoms with van der Waals surface area (Å²) >= 11 is 0. The lowest BCUT2D eigenvalue weighted by Gasteiger charge is -2.26. The van der Waals surface area contributed by atoms with Gasteiger partial charge in [0.1, 0.15) is 11.2 Å². The highest BCUT2D eigenvalue weighted by Gasteiger charge is 2.29. The zero-order valence-corrected chi connectivity index (χ0v) is 41.8. The maximum absolute atomic E-state index is 6.96. The fourth-order valence-corrected chi connectivity index (χ4v) is 13.5. The van der Waals surface area contributed by atoms with Crippen LogP contribution in [-0.4, -0.2) is 8.80 Å². The molecule has 358 valence electrons. The molecule has 0 fully saturated rings. The van der Waals surface area contributed by atoms with E-state index in [0.717, 1.165) is 90.8 Å². The van der Waals surface area contributed by atoms with Gasteiger partial charge in [0.15, 0.2) is 11.2 Å². The molecule has 0 N–H and O–H groups in total. The average Bonchev–Trinajstić information content (AvgIpc) is 4.45. The number of furan rings is 2. The van der Waals surface area contributed by atoms with Gasteiger partial charge in [0.05, 0.1) is 55.8 Å². The standard InChI is InChI=1S/C70H46N4O2/c1-3-41-19-11-27-47-49-29-15-37-59(69(49)75-67(41)47)71(43-21-7-5-8-22-43)55-33-17-35-57-63(55)51-31-13-25-45-53-40-62-54(39-61(53)73(57)65(45)51)46-26-14-32-52-64-56(34-18-36-58(64)74(62)66(46)52)72(44-23-9-6-10-24-44)60-38-16-30-50-48-28-12-20-42(4-2)68(48)76-70(50)60/h5-40H,3-4H2,1-2H3. The Labute approximate surface area is 435 Å². The van der Waals surface area contributed by atoms with Crippen molar-refractivity contribution in [1.29, 1.82) is 0 Å². The topological polar surface area (TPSA) is 41.6 Å². The Bertz CT molecular complexity index is 4890. The highest BCUT2D eigenvalue weighted by atomic mass is 16.3. The van der Waals surface area contributed by atoms with E-state index >= 15 is 0 Å². The van der Waals surface area contributed by atoms with Crippen molar-refractivity contribution in [3.05, 3.63) is 230 Å². The molecule has 0 amide bonds. The molecule has 0 atom stereocenters. The van der Waals surface area contributed by atoms with Crippen LogP contribution in [0.2, 0.25) is 0 Å². The summed E-state index contributed by atoms with van der Waals surface area (Å²) in [7, 11) is 0. The number of hydrogen-bond acceptors (Lipinski definition) is 4. The van der Waals surface area contributed by atoms with Gasteiger partial charge in [-0.2, -0.15) is 0 Å². The van der Waals surface area contributed by atoms with Crippen molar-refractivity contribution in [2.24, 2.45) is 0 Å². The van der Waals surface area contributed by atoms with E-state index in [0.29, 0.717) is 0 Å². The lowest BCUT2D eigenvalue weighted by atomic mass is 10.0. The minimum atomic E-state index is 0.885. The van der Waals surface area contributed by atoms with Gasteiger partial charge in [0, 0.05) is 76.0 Å². The highest BCUT2D eigenvalue weighted by Crippen LogP contribution is 2.52. The van der Waals surface area contributed by atoms with Gasteiger partial charge in [0.25, 0.3) is 0 Å². The van der Waals surface area contributed by atoms with Crippen LogP contribution in [0, 0.1) is 0 Å². The first-order valence-corrected chi connectivity index (χ1v) is 26.5. The van der Waals surface area contributed by atoms with Crippen LogP contribution in [0.4, 0.5) is 34.1 Å². The lowest BCUT2D eigenvalue weighted by molar-refractivity contribution is 0.663. The Morgan fingerprint density at radius 3 is 1.09 bits per heavy atom. The third-order valence-corrected chi connectivity index (χ3v) is 16.7. The molecule has 76 heavy (non-hydrogen) atoms. The number of nitrogens with zero attached hydrogens (tertiary/aromatic N) is 4. The van der Waals surface area contributed by atoms with Crippen LogP contribution in [0.3, 0.4) is 0 Å². The Kier molecular flexibility index (Phi) is 8.44. The summed E-state index contributed by atoms with van der Waals surface area (Å²) in [6.45, 7) is 4.40. The largest absolute Gasteiger partial charge is 0.454 e. The summed E-state index contributed by atoms with van der Waals surface area (Å²) < 4.78 is 19.0. The van der Waals surface area contributed by atoms with Gasteiger partial charge < -0.3 is 27.4 Å². The fraction of sp³-hybridized carbons (Fsp3) is 0.0571. The van der Waals surface area contributed by atoms with Crippen LogP contribution in [-0.2, 0) is 12.8 Å². The van der Waals surface area contributed by atoms with Crippen molar-refractivity contribution in [3.8, 4) is 0 Å². The molecule has 6 heteroatoms. The van der Waals surface area contributed by atoms with E-state index in [-0.39, 0.29) is 0 Å². The van der Waals surface area contributed by atoms with Crippen molar-refractivity contribution >= 4 is 154 Å². The monoisotopic (exact) mass is 974 g/mol. The van der Waals surface area contributed by atoms with E-state index in [1.54, 1.807) is 0 Å². The van der Waals surface area contributed by atoms with Gasteiger partial charge in [0.2, 0.25) is 0 Å². The van der Waals surface area contributed by atoms with Crippen molar-refractivity contribution in [2.75, 3.05) is 9.80 Å². The highest BCUT2D eigenvalue weighted by molar-refractivity contribution is 6.31. The van der Waals surface area contributed by atoms with Crippen molar-refractivity contribution in [3.63, 3.8) is 0 Å². The Hall–Kier alpha value is -9.78. The molecule has 0 saturated carbocycles. The molecular formula is C70H46N4O2. The van der Waals surface area contributed by atoms with Gasteiger partial charge in [-0.1, -0.05) is 159 Å². The van der Waals surface area contributed by atoms with Gasteiger partial charge in [-0.15, -0.1) is 0 Å². The molecule has 17 rings (SSSR count). The molecule has 6 aromatic heterocycles. The Morgan fingerprint density at radius 2 is 0.658 bits per heavy atom. The van der Waals surface area contributed by atoms with Crippen molar-refractivity contribution in [1.82, 2.24) is 8.80 Å². The quantitative estimate of drug-likeness (QED) is 0.152. The minimum Gasteiger partial charge on any atom is -0.454 e. The second-order valence-electron chi connectivity index (χ2n) is 20.5. The summed E-state index contributed by atoms with van der Waals surface area (Å²) in [5.74, 6) is 0. The van der Waals surface area contributed by atoms with Crippen LogP contribution in [0.15, 0.2) is 227 Å². The molecule has 6 heterocycles. The van der Waals surface area contributed by atoms with E-state index in [1.807, 2.05) is 0 Å².